The molecule has 4 aromatic heterocycles. The van der Waals surface area contributed by atoms with E-state index in [1.54, 1.807) is 0 Å². The highest BCUT2D eigenvalue weighted by molar-refractivity contribution is 5.26. The summed E-state index contributed by atoms with van der Waals surface area (Å²) in [4.78, 5) is 24.4. The molecular weight excluding hydrogens is 845 g/mol. The molecule has 0 aromatic carbocycles. The molecule has 0 saturated heterocycles. The summed E-state index contributed by atoms with van der Waals surface area (Å²) < 4.78 is 25.7. The summed E-state index contributed by atoms with van der Waals surface area (Å²) in [5, 5.41) is 0. The van der Waals surface area contributed by atoms with Crippen molar-refractivity contribution in [2.75, 3.05) is 39.5 Å². The van der Waals surface area contributed by atoms with Gasteiger partial charge in [0.05, 0.1) is 49.2 Å². The van der Waals surface area contributed by atoms with E-state index in [9.17, 15) is 0 Å². The first-order chi connectivity index (χ1) is 33.3. The van der Waals surface area contributed by atoms with Gasteiger partial charge in [0.2, 0.25) is 0 Å². The van der Waals surface area contributed by atoms with Gasteiger partial charge in [-0.05, 0) is 73.6 Å². The Morgan fingerprint density at radius 1 is 0.368 bits per heavy atom. The molecule has 10 heteroatoms. The maximum atomic E-state index is 6.42. The van der Waals surface area contributed by atoms with Gasteiger partial charge in [-0.2, -0.15) is 0 Å². The lowest BCUT2D eigenvalue weighted by Crippen LogP contribution is -2.35. The van der Waals surface area contributed by atoms with E-state index in [4.69, 9.17) is 38.9 Å². The Balaban J connectivity index is 1.60. The fraction of sp³-hybridized carbons (Fsp3) is 0.655. The molecule has 4 rings (SSSR count). The Hall–Kier alpha value is -4.28. The third-order valence-corrected chi connectivity index (χ3v) is 13.5. The predicted octanol–water partition coefficient (Wildman–Crippen LogP) is 14.4. The molecule has 0 aliphatic rings. The molecule has 10 nitrogen and oxygen atoms in total. The van der Waals surface area contributed by atoms with Crippen molar-refractivity contribution < 1.29 is 18.9 Å². The van der Waals surface area contributed by atoms with Gasteiger partial charge in [0, 0.05) is 88.3 Å². The van der Waals surface area contributed by atoms with Crippen LogP contribution in [0.25, 0.3) is 0 Å². The number of aromatic nitrogens is 4. The molecule has 378 valence electrons. The van der Waals surface area contributed by atoms with E-state index < -0.39 is 0 Å². The number of hydrogen-bond donors (Lipinski definition) is 0. The molecule has 0 saturated carbocycles. The van der Waals surface area contributed by atoms with E-state index in [0.29, 0.717) is 49.9 Å². The number of pyridine rings is 4. The Morgan fingerprint density at radius 3 is 0.809 bits per heavy atom. The van der Waals surface area contributed by atoms with Gasteiger partial charge < -0.3 is 18.9 Å². The first kappa shape index (κ1) is 56.3. The molecule has 0 aliphatic carbocycles. The molecule has 4 atom stereocenters. The molecule has 68 heavy (non-hydrogen) atoms. The minimum Gasteiger partial charge on any atom is -0.493 e. The van der Waals surface area contributed by atoms with Crippen molar-refractivity contribution in [2.45, 2.75) is 184 Å². The van der Waals surface area contributed by atoms with Gasteiger partial charge >= 0.3 is 0 Å². The fourth-order valence-corrected chi connectivity index (χ4v) is 8.61. The van der Waals surface area contributed by atoms with Crippen LogP contribution in [0.3, 0.4) is 0 Å². The summed E-state index contributed by atoms with van der Waals surface area (Å²) in [6.07, 6.45) is 26.5. The van der Waals surface area contributed by atoms with E-state index in [1.165, 1.54) is 77.0 Å². The Morgan fingerprint density at radius 2 is 0.603 bits per heavy atom. The highest BCUT2D eigenvalue weighted by atomic mass is 16.5. The summed E-state index contributed by atoms with van der Waals surface area (Å²) in [6.45, 7) is 25.0. The van der Waals surface area contributed by atoms with Gasteiger partial charge in [0.15, 0.2) is 0 Å². The minimum atomic E-state index is 0.551. The summed E-state index contributed by atoms with van der Waals surface area (Å²) >= 11 is 0. The first-order valence-corrected chi connectivity index (χ1v) is 27.1. The van der Waals surface area contributed by atoms with E-state index in [2.05, 4.69) is 89.5 Å². The van der Waals surface area contributed by atoms with Crippen LogP contribution in [-0.2, 0) is 26.2 Å². The highest BCUT2D eigenvalue weighted by Gasteiger charge is 2.18. The second-order valence-corrected chi connectivity index (χ2v) is 19.3. The topological polar surface area (TPSA) is 95.0 Å². The Kier molecular flexibility index (Phi) is 28.2. The molecule has 4 aromatic rings. The van der Waals surface area contributed by atoms with E-state index in [-0.39, 0.29) is 0 Å². The van der Waals surface area contributed by atoms with Gasteiger partial charge in [-0.15, -0.1) is 0 Å². The van der Waals surface area contributed by atoms with Crippen LogP contribution >= 0.6 is 0 Å². The average Bonchev–Trinajstić information content (AvgIpc) is 3.36. The molecule has 4 heterocycles. The third-order valence-electron chi connectivity index (χ3n) is 13.5. The maximum Gasteiger partial charge on any atom is 0.122 e. The van der Waals surface area contributed by atoms with Crippen LogP contribution in [0.15, 0.2) is 73.3 Å². The maximum absolute atomic E-state index is 6.42. The summed E-state index contributed by atoms with van der Waals surface area (Å²) in [7, 11) is 0. The first-order valence-electron chi connectivity index (χ1n) is 27.1. The van der Waals surface area contributed by atoms with Crippen molar-refractivity contribution in [3.8, 4) is 23.0 Å². The van der Waals surface area contributed by atoms with Crippen molar-refractivity contribution in [1.29, 1.82) is 0 Å². The molecule has 4 unspecified atom stereocenters. The second-order valence-electron chi connectivity index (χ2n) is 19.3. The van der Waals surface area contributed by atoms with Gasteiger partial charge in [0.1, 0.15) is 23.0 Å². The monoisotopic (exact) mass is 937 g/mol. The van der Waals surface area contributed by atoms with Crippen molar-refractivity contribution in [1.82, 2.24) is 29.7 Å². The van der Waals surface area contributed by atoms with Crippen molar-refractivity contribution in [2.24, 2.45) is 23.7 Å². The second kappa shape index (κ2) is 34.1. The molecule has 0 radical (unpaired) electrons. The van der Waals surface area contributed by atoms with Gasteiger partial charge in [0.25, 0.3) is 0 Å². The Labute approximate surface area is 413 Å². The van der Waals surface area contributed by atoms with E-state index >= 15 is 0 Å². The zero-order chi connectivity index (χ0) is 48.6. The van der Waals surface area contributed by atoms with Crippen molar-refractivity contribution in [3.05, 3.63) is 96.1 Å². The molecule has 0 bridgehead atoms. The van der Waals surface area contributed by atoms with Gasteiger partial charge in [-0.25, -0.2) is 0 Å². The van der Waals surface area contributed by atoms with Crippen LogP contribution in [0, 0.1) is 23.7 Å². The number of hydrogen-bond acceptors (Lipinski definition) is 10. The smallest absolute Gasteiger partial charge is 0.122 e. The minimum absolute atomic E-state index is 0.551. The lowest BCUT2D eigenvalue weighted by Gasteiger charge is -2.28. The molecule has 0 fully saturated rings. The van der Waals surface area contributed by atoms with E-state index in [0.717, 1.165) is 111 Å². The number of unbranched alkanes of at least 4 members (excludes halogenated alkanes) is 4. The van der Waals surface area contributed by atoms with Crippen molar-refractivity contribution >= 4 is 0 Å². The zero-order valence-electron chi connectivity index (χ0n) is 43.9. The van der Waals surface area contributed by atoms with Crippen molar-refractivity contribution in [3.63, 3.8) is 0 Å². The number of nitrogens with zero attached hydrogens (tertiary/aromatic N) is 6. The van der Waals surface area contributed by atoms with E-state index in [1.807, 2.05) is 49.1 Å². The molecule has 0 aliphatic heterocycles. The fourth-order valence-electron chi connectivity index (χ4n) is 8.61. The summed E-state index contributed by atoms with van der Waals surface area (Å²) in [5.41, 5.74) is 3.88. The number of rotatable bonds is 39. The van der Waals surface area contributed by atoms with Crippen LogP contribution in [-0.4, -0.2) is 69.3 Å². The normalized spacial score (nSPS) is 13.4. The molecule has 0 spiro atoms. The Bertz CT molecular complexity index is 1630. The summed E-state index contributed by atoms with van der Waals surface area (Å²) in [6, 6.07) is 16.4. The highest BCUT2D eigenvalue weighted by Crippen LogP contribution is 2.24. The predicted molar refractivity (Wildman–Crippen MR) is 280 cm³/mol. The zero-order valence-corrected chi connectivity index (χ0v) is 43.9. The molecule has 0 N–H and O–H groups in total. The standard InChI is InChI=1S/C58H92N6O4/c1-9-17-21-47(13-5)43-65-55-25-29-59-51(35-55)39-63(40-52-36-56(26-30-60-52)66-44-48(14-6)22-18-10-2)33-34-64(41-53-37-57(27-31-61-53)67-45-49(15-7)23-19-11-3)42-54-38-58(28-32-62-54)68-46-50(16-8)24-20-12-4/h25-32,35-38,47-50H,9-24,33-34,39-46H2,1-8H3. The van der Waals surface area contributed by atoms with Gasteiger partial charge in [-0.1, -0.05) is 132 Å². The van der Waals surface area contributed by atoms with Gasteiger partial charge in [-0.3, -0.25) is 29.7 Å². The summed E-state index contributed by atoms with van der Waals surface area (Å²) in [5.74, 6) is 5.71. The lowest BCUT2D eigenvalue weighted by molar-refractivity contribution is 0.176. The van der Waals surface area contributed by atoms with Crippen LogP contribution in [0.1, 0.15) is 181 Å². The van der Waals surface area contributed by atoms with Crippen LogP contribution < -0.4 is 18.9 Å². The quantitative estimate of drug-likeness (QED) is 0.0430. The lowest BCUT2D eigenvalue weighted by atomic mass is 10.0. The van der Waals surface area contributed by atoms with Crippen LogP contribution in [0.4, 0.5) is 0 Å². The SMILES string of the molecule is CCCCC(CC)COc1ccnc(CN(CCN(Cc2cc(OCC(CC)CCCC)ccn2)Cc2cc(OCC(CC)CCCC)ccn2)Cc2cc(OCC(CC)CCCC)ccn2)c1. The third kappa shape index (κ3) is 22.4. The molecule has 0 amide bonds. The molecular formula is C58H92N6O4. The number of ether oxygens (including phenoxy) is 4. The largest absolute Gasteiger partial charge is 0.493 e. The van der Waals surface area contributed by atoms with Crippen LogP contribution in [0.5, 0.6) is 23.0 Å². The van der Waals surface area contributed by atoms with Crippen LogP contribution in [0.2, 0.25) is 0 Å². The average molecular weight is 937 g/mol.